The number of allylic oxidation sites excluding steroid dienone is 3. The maximum absolute atomic E-state index is 6.93. The molecule has 0 atom stereocenters. The van der Waals surface area contributed by atoms with Crippen molar-refractivity contribution in [1.29, 1.82) is 0 Å². The van der Waals surface area contributed by atoms with Crippen LogP contribution in [0.3, 0.4) is 0 Å². The Morgan fingerprint density at radius 3 is 2.04 bits per heavy atom. The first-order valence-electron chi connectivity index (χ1n) is 10.3. The second-order valence-electron chi connectivity index (χ2n) is 8.68. The number of hydrogen-bond donors (Lipinski definition) is 0. The Balaban J connectivity index is 3.22. The summed E-state index contributed by atoms with van der Waals surface area (Å²) in [4.78, 5) is 0. The maximum atomic E-state index is 6.93. The molecule has 27 heavy (non-hydrogen) atoms. The number of benzene rings is 1. The molecular weight excluding hydrogens is 348 g/mol. The van der Waals surface area contributed by atoms with Gasteiger partial charge < -0.3 is 9.16 Å². The van der Waals surface area contributed by atoms with Gasteiger partial charge in [0.05, 0.1) is 12.9 Å². The molecule has 0 heterocycles. The molecule has 0 unspecified atom stereocenters. The van der Waals surface area contributed by atoms with Gasteiger partial charge in [-0.3, -0.25) is 0 Å². The van der Waals surface area contributed by atoms with Gasteiger partial charge in [-0.05, 0) is 58.8 Å². The molecule has 3 heteroatoms. The van der Waals surface area contributed by atoms with Crippen LogP contribution >= 0.6 is 0 Å². The van der Waals surface area contributed by atoms with E-state index in [2.05, 4.69) is 85.8 Å². The van der Waals surface area contributed by atoms with Crippen molar-refractivity contribution in [1.82, 2.24) is 0 Å². The first kappa shape index (κ1) is 23.6. The lowest BCUT2D eigenvalue weighted by Gasteiger charge is -2.42. The summed E-state index contributed by atoms with van der Waals surface area (Å²) in [6.45, 7) is 18.4. The molecule has 0 amide bonds. The molecule has 0 saturated carbocycles. The molecule has 152 valence electrons. The first-order chi connectivity index (χ1) is 12.6. The van der Waals surface area contributed by atoms with Gasteiger partial charge in [0.2, 0.25) is 0 Å². The van der Waals surface area contributed by atoms with E-state index >= 15 is 0 Å². The molecule has 0 aliphatic heterocycles. The van der Waals surface area contributed by atoms with E-state index < -0.39 is 8.32 Å². The van der Waals surface area contributed by atoms with E-state index in [1.165, 1.54) is 5.56 Å². The predicted molar refractivity (Wildman–Crippen MR) is 121 cm³/mol. The highest BCUT2D eigenvalue weighted by Gasteiger charge is 2.47. The van der Waals surface area contributed by atoms with Crippen LogP contribution in [0.4, 0.5) is 0 Å². The zero-order chi connectivity index (χ0) is 20.6. The topological polar surface area (TPSA) is 18.5 Å². The fourth-order valence-electron chi connectivity index (χ4n) is 4.01. The van der Waals surface area contributed by atoms with Gasteiger partial charge in [-0.25, -0.2) is 0 Å². The normalized spacial score (nSPS) is 13.4. The molecule has 0 bridgehead atoms. The molecule has 2 nitrogen and oxygen atoms in total. The van der Waals surface area contributed by atoms with E-state index in [0.29, 0.717) is 22.5 Å². The Labute approximate surface area is 168 Å². The quantitative estimate of drug-likeness (QED) is 0.234. The third-order valence-electron chi connectivity index (χ3n) is 5.32. The van der Waals surface area contributed by atoms with Crippen molar-refractivity contribution in [2.45, 2.75) is 78.4 Å². The molecule has 1 aromatic rings. The van der Waals surface area contributed by atoms with E-state index in [-0.39, 0.29) is 0 Å². The largest absolute Gasteiger partial charge is 0.543 e. The van der Waals surface area contributed by atoms with E-state index in [4.69, 9.17) is 9.16 Å². The first-order valence-corrected chi connectivity index (χ1v) is 12.5. The minimum Gasteiger partial charge on any atom is -0.543 e. The molecule has 0 radical (unpaired) electrons. The number of methoxy groups -OCH3 is 1. The summed E-state index contributed by atoms with van der Waals surface area (Å²) in [7, 11) is -0.252. The van der Waals surface area contributed by atoms with Crippen LogP contribution in [-0.2, 0) is 10.8 Å². The molecular formula is C24H40O2Si. The average molecular weight is 389 g/mol. The van der Waals surface area contributed by atoms with Gasteiger partial charge in [0.1, 0.15) is 5.75 Å². The van der Waals surface area contributed by atoms with Gasteiger partial charge in [0, 0.05) is 0 Å². The molecule has 1 rings (SSSR count). The van der Waals surface area contributed by atoms with Crippen molar-refractivity contribution in [3.63, 3.8) is 0 Å². The highest BCUT2D eigenvalue weighted by molar-refractivity contribution is 6.77. The van der Waals surface area contributed by atoms with E-state index in [1.54, 1.807) is 7.11 Å². The van der Waals surface area contributed by atoms with Crippen LogP contribution in [0.25, 0.3) is 0 Å². The van der Waals surface area contributed by atoms with Crippen molar-refractivity contribution >= 4 is 8.32 Å². The summed E-state index contributed by atoms with van der Waals surface area (Å²) < 4.78 is 12.3. The Kier molecular flexibility index (Phi) is 9.38. The monoisotopic (exact) mass is 388 g/mol. The van der Waals surface area contributed by atoms with Gasteiger partial charge in [-0.15, -0.1) is 0 Å². The van der Waals surface area contributed by atoms with Crippen LogP contribution < -0.4 is 4.74 Å². The van der Waals surface area contributed by atoms with Gasteiger partial charge in [0.25, 0.3) is 8.32 Å². The summed E-state index contributed by atoms with van der Waals surface area (Å²) >= 11 is 0. The van der Waals surface area contributed by atoms with Gasteiger partial charge >= 0.3 is 0 Å². The van der Waals surface area contributed by atoms with Crippen LogP contribution in [0.15, 0.2) is 48.3 Å². The van der Waals surface area contributed by atoms with Crippen LogP contribution in [0, 0.1) is 5.92 Å². The lowest BCUT2D eigenvalue weighted by molar-refractivity contribution is 0.384. The zero-order valence-corrected chi connectivity index (χ0v) is 19.9. The molecule has 0 fully saturated rings. The van der Waals surface area contributed by atoms with E-state index in [1.807, 2.05) is 12.1 Å². The fourth-order valence-corrected chi connectivity index (χ4v) is 9.27. The number of ether oxygens (including phenoxy) is 1. The number of hydrogen-bond acceptors (Lipinski definition) is 2. The van der Waals surface area contributed by atoms with Gasteiger partial charge in [-0.2, -0.15) is 0 Å². The third kappa shape index (κ3) is 6.56. The highest BCUT2D eigenvalue weighted by atomic mass is 28.4. The van der Waals surface area contributed by atoms with Crippen LogP contribution in [0.1, 0.15) is 61.0 Å². The highest BCUT2D eigenvalue weighted by Crippen LogP contribution is 2.43. The van der Waals surface area contributed by atoms with E-state index in [0.717, 1.165) is 17.9 Å². The Bertz CT molecular complexity index is 605. The minimum absolute atomic E-state index is 0.502. The molecule has 0 N–H and O–H groups in total. The SMILES string of the molecule is COc1cccc(C/C=C(/C=C/C(C)C)O[Si](C(C)C)(C(C)C)C(C)C)c1. The number of rotatable bonds is 10. The van der Waals surface area contributed by atoms with E-state index in [9.17, 15) is 0 Å². The van der Waals surface area contributed by atoms with Gasteiger partial charge in [0.15, 0.2) is 0 Å². The summed E-state index contributed by atoms with van der Waals surface area (Å²) in [5.74, 6) is 2.42. The van der Waals surface area contributed by atoms with Crippen LogP contribution in [0.5, 0.6) is 5.75 Å². The summed E-state index contributed by atoms with van der Waals surface area (Å²) in [6.07, 6.45) is 7.49. The smallest absolute Gasteiger partial charge is 0.258 e. The van der Waals surface area contributed by atoms with Crippen molar-refractivity contribution in [2.75, 3.05) is 7.11 Å². The zero-order valence-electron chi connectivity index (χ0n) is 18.9. The molecule has 0 aliphatic rings. The van der Waals surface area contributed by atoms with Crippen molar-refractivity contribution in [3.05, 3.63) is 53.8 Å². The third-order valence-corrected chi connectivity index (χ3v) is 11.3. The van der Waals surface area contributed by atoms with Crippen molar-refractivity contribution in [3.8, 4) is 5.75 Å². The maximum Gasteiger partial charge on any atom is 0.258 e. The van der Waals surface area contributed by atoms with Crippen LogP contribution in [0.2, 0.25) is 16.6 Å². The lowest BCUT2D eigenvalue weighted by atomic mass is 10.1. The lowest BCUT2D eigenvalue weighted by Crippen LogP contribution is -2.47. The summed E-state index contributed by atoms with van der Waals surface area (Å²) in [5.41, 5.74) is 2.92. The predicted octanol–water partition coefficient (Wildman–Crippen LogP) is 7.53. The Morgan fingerprint density at radius 2 is 1.56 bits per heavy atom. The van der Waals surface area contributed by atoms with Crippen LogP contribution in [-0.4, -0.2) is 15.4 Å². The second kappa shape index (κ2) is 10.7. The molecule has 0 aliphatic carbocycles. The summed E-state index contributed by atoms with van der Waals surface area (Å²) in [6, 6.07) is 8.26. The average Bonchev–Trinajstić information content (AvgIpc) is 2.60. The van der Waals surface area contributed by atoms with Crippen molar-refractivity contribution < 1.29 is 9.16 Å². The Morgan fingerprint density at radius 1 is 0.963 bits per heavy atom. The standard InChI is InChI=1S/C24H40O2Si/c1-18(2)13-15-23(16-14-22-11-10-12-24(17-22)25-9)26-27(19(3)4,20(5)6)21(7)8/h10-13,15-21H,14H2,1-9H3/b15-13+,23-16-. The molecule has 1 aromatic carbocycles. The minimum atomic E-state index is -1.96. The van der Waals surface area contributed by atoms with Gasteiger partial charge in [-0.1, -0.05) is 73.6 Å². The Hall–Kier alpha value is -1.48. The molecule has 0 saturated heterocycles. The second-order valence-corrected chi connectivity index (χ2v) is 14.1. The molecule has 0 aromatic heterocycles. The van der Waals surface area contributed by atoms with Crippen molar-refractivity contribution in [2.24, 2.45) is 5.92 Å². The fraction of sp³-hybridized carbons (Fsp3) is 0.583. The summed E-state index contributed by atoms with van der Waals surface area (Å²) in [5, 5.41) is 0. The molecule has 0 spiro atoms.